The highest BCUT2D eigenvalue weighted by molar-refractivity contribution is 5.83. The fourth-order valence-electron chi connectivity index (χ4n) is 2.52. The lowest BCUT2D eigenvalue weighted by Crippen LogP contribution is -2.24. The second-order valence-electron chi connectivity index (χ2n) is 6.31. The number of amides is 1. The zero-order valence-corrected chi connectivity index (χ0v) is 16.4. The average Bonchev–Trinajstić information content (AvgIpc) is 2.72. The van der Waals surface area contributed by atoms with Crippen LogP contribution in [0.5, 0.6) is 11.5 Å². The van der Waals surface area contributed by atoms with E-state index in [1.54, 1.807) is 12.3 Å². The molecule has 2 rings (SSSR count). The van der Waals surface area contributed by atoms with E-state index in [-0.39, 0.29) is 12.5 Å². The Morgan fingerprint density at radius 2 is 1.89 bits per heavy atom. The number of rotatable bonds is 12. The summed E-state index contributed by atoms with van der Waals surface area (Å²) >= 11 is 0. The van der Waals surface area contributed by atoms with Gasteiger partial charge in [-0.3, -0.25) is 4.79 Å². The highest BCUT2D eigenvalue weighted by Gasteiger charge is 2.05. The van der Waals surface area contributed by atoms with Gasteiger partial charge in [0.05, 0.1) is 12.8 Å². The summed E-state index contributed by atoms with van der Waals surface area (Å²) < 4.78 is 11.2. The van der Waals surface area contributed by atoms with Gasteiger partial charge in [-0.15, -0.1) is 6.58 Å². The number of hydrazone groups is 1. The molecule has 1 amide bonds. The van der Waals surface area contributed by atoms with Crippen molar-refractivity contribution in [1.29, 1.82) is 0 Å². The van der Waals surface area contributed by atoms with Crippen molar-refractivity contribution in [3.63, 3.8) is 0 Å². The second-order valence-corrected chi connectivity index (χ2v) is 6.31. The Kier molecular flexibility index (Phi) is 9.35. The molecule has 0 aromatic heterocycles. The van der Waals surface area contributed by atoms with Crippen molar-refractivity contribution in [2.24, 2.45) is 5.10 Å². The van der Waals surface area contributed by atoms with Gasteiger partial charge in [-0.25, -0.2) is 5.43 Å². The summed E-state index contributed by atoms with van der Waals surface area (Å²) in [6, 6.07) is 15.2. The van der Waals surface area contributed by atoms with Gasteiger partial charge in [-0.2, -0.15) is 5.10 Å². The van der Waals surface area contributed by atoms with E-state index in [4.69, 9.17) is 9.47 Å². The number of hydrogen-bond donors (Lipinski definition) is 1. The van der Waals surface area contributed by atoms with Gasteiger partial charge in [-0.1, -0.05) is 44.0 Å². The Bertz CT molecular complexity index is 770. The Morgan fingerprint density at radius 1 is 1.11 bits per heavy atom. The number of carbonyl (C=O) groups excluding carboxylic acids is 1. The van der Waals surface area contributed by atoms with Crippen LogP contribution in [-0.4, -0.2) is 25.3 Å². The fourth-order valence-corrected chi connectivity index (χ4v) is 2.52. The van der Waals surface area contributed by atoms with Crippen molar-refractivity contribution in [2.75, 3.05) is 13.2 Å². The molecule has 0 saturated carbocycles. The summed E-state index contributed by atoms with van der Waals surface area (Å²) in [5, 5.41) is 3.97. The van der Waals surface area contributed by atoms with Gasteiger partial charge in [0.2, 0.25) is 0 Å². The molecule has 0 aliphatic carbocycles. The summed E-state index contributed by atoms with van der Waals surface area (Å²) in [6.45, 7) is 6.52. The number of hydrogen-bond acceptors (Lipinski definition) is 4. The van der Waals surface area contributed by atoms with Gasteiger partial charge < -0.3 is 9.47 Å². The monoisotopic (exact) mass is 380 g/mol. The number of ether oxygens (including phenoxy) is 2. The van der Waals surface area contributed by atoms with Gasteiger partial charge in [0, 0.05) is 0 Å². The standard InChI is InChI=1S/C23H28N2O3/c1-3-5-8-16-27-21-14-12-19(13-15-21)17-24-25-23(26)18-28-22-11-7-6-10-20(22)9-4-2/h4,6-7,10-15,17H,2-3,5,8-9,16,18H2,1H3,(H,25,26)/b24-17+. The van der Waals surface area contributed by atoms with E-state index in [0.29, 0.717) is 12.2 Å². The fraction of sp³-hybridized carbons (Fsp3) is 0.304. The SMILES string of the molecule is C=CCc1ccccc1OCC(=O)N/N=C/c1ccc(OCCCCC)cc1. The third-order valence-electron chi connectivity index (χ3n) is 4.00. The first-order chi connectivity index (χ1) is 13.7. The second kappa shape index (κ2) is 12.3. The third kappa shape index (κ3) is 7.66. The molecule has 0 spiro atoms. The molecular weight excluding hydrogens is 352 g/mol. The number of para-hydroxylation sites is 1. The first kappa shape index (κ1) is 21.2. The molecule has 5 nitrogen and oxygen atoms in total. The highest BCUT2D eigenvalue weighted by atomic mass is 16.5. The van der Waals surface area contributed by atoms with Crippen molar-refractivity contribution < 1.29 is 14.3 Å². The van der Waals surface area contributed by atoms with Crippen molar-refractivity contribution in [3.8, 4) is 11.5 Å². The van der Waals surface area contributed by atoms with Crippen molar-refractivity contribution in [3.05, 3.63) is 72.3 Å². The lowest BCUT2D eigenvalue weighted by molar-refractivity contribution is -0.123. The Hall–Kier alpha value is -3.08. The van der Waals surface area contributed by atoms with E-state index in [1.807, 2.05) is 48.5 Å². The molecule has 2 aromatic carbocycles. The topological polar surface area (TPSA) is 59.9 Å². The molecule has 5 heteroatoms. The summed E-state index contributed by atoms with van der Waals surface area (Å²) in [5.41, 5.74) is 4.33. The van der Waals surface area contributed by atoms with Crippen molar-refractivity contribution in [2.45, 2.75) is 32.6 Å². The minimum atomic E-state index is -0.319. The maximum atomic E-state index is 11.9. The van der Waals surface area contributed by atoms with Crippen LogP contribution in [-0.2, 0) is 11.2 Å². The smallest absolute Gasteiger partial charge is 0.277 e. The third-order valence-corrected chi connectivity index (χ3v) is 4.00. The molecule has 28 heavy (non-hydrogen) atoms. The maximum absolute atomic E-state index is 11.9. The molecule has 0 radical (unpaired) electrons. The maximum Gasteiger partial charge on any atom is 0.277 e. The van der Waals surface area contributed by atoms with Crippen molar-refractivity contribution in [1.82, 2.24) is 5.43 Å². The Morgan fingerprint density at radius 3 is 2.64 bits per heavy atom. The summed E-state index contributed by atoms with van der Waals surface area (Å²) in [5.74, 6) is 1.19. The van der Waals surface area contributed by atoms with E-state index in [1.165, 1.54) is 12.8 Å². The zero-order chi connectivity index (χ0) is 20.0. The molecule has 0 aliphatic rings. The number of carbonyl (C=O) groups is 1. The lowest BCUT2D eigenvalue weighted by Gasteiger charge is -2.09. The van der Waals surface area contributed by atoms with Crippen LogP contribution < -0.4 is 14.9 Å². The van der Waals surface area contributed by atoms with Crippen LogP contribution in [0.4, 0.5) is 0 Å². The predicted molar refractivity (Wildman–Crippen MR) is 113 cm³/mol. The number of allylic oxidation sites excluding steroid dienone is 1. The van der Waals surface area contributed by atoms with Gasteiger partial charge in [-0.05, 0) is 54.3 Å². The highest BCUT2D eigenvalue weighted by Crippen LogP contribution is 2.18. The van der Waals surface area contributed by atoms with Crippen LogP contribution in [0, 0.1) is 0 Å². The summed E-state index contributed by atoms with van der Waals surface area (Å²) in [7, 11) is 0. The quantitative estimate of drug-likeness (QED) is 0.255. The number of benzene rings is 2. The minimum Gasteiger partial charge on any atom is -0.494 e. The van der Waals surface area contributed by atoms with Gasteiger partial charge in [0.25, 0.3) is 5.91 Å². The van der Waals surface area contributed by atoms with Crippen LogP contribution >= 0.6 is 0 Å². The van der Waals surface area contributed by atoms with Gasteiger partial charge in [0.1, 0.15) is 11.5 Å². The molecule has 0 saturated heterocycles. The van der Waals surface area contributed by atoms with E-state index >= 15 is 0 Å². The molecule has 148 valence electrons. The normalized spacial score (nSPS) is 10.6. The van der Waals surface area contributed by atoms with Crippen LogP contribution in [0.15, 0.2) is 66.3 Å². The Labute approximate surface area is 167 Å². The zero-order valence-electron chi connectivity index (χ0n) is 16.4. The van der Waals surface area contributed by atoms with Crippen LogP contribution in [0.25, 0.3) is 0 Å². The molecule has 0 unspecified atom stereocenters. The molecule has 1 N–H and O–H groups in total. The van der Waals surface area contributed by atoms with Crippen LogP contribution in [0.1, 0.15) is 37.3 Å². The van der Waals surface area contributed by atoms with E-state index in [0.717, 1.165) is 29.9 Å². The van der Waals surface area contributed by atoms with Gasteiger partial charge in [0.15, 0.2) is 6.61 Å². The molecule has 0 fully saturated rings. The largest absolute Gasteiger partial charge is 0.494 e. The van der Waals surface area contributed by atoms with E-state index in [2.05, 4.69) is 24.0 Å². The molecule has 0 heterocycles. The summed E-state index contributed by atoms with van der Waals surface area (Å²) in [4.78, 5) is 11.9. The summed E-state index contributed by atoms with van der Waals surface area (Å²) in [6.07, 6.45) is 7.49. The minimum absolute atomic E-state index is 0.101. The lowest BCUT2D eigenvalue weighted by atomic mass is 10.1. The first-order valence-corrected chi connectivity index (χ1v) is 9.59. The van der Waals surface area contributed by atoms with Crippen LogP contribution in [0.2, 0.25) is 0 Å². The molecule has 0 atom stereocenters. The van der Waals surface area contributed by atoms with Crippen LogP contribution in [0.3, 0.4) is 0 Å². The average molecular weight is 380 g/mol. The van der Waals surface area contributed by atoms with E-state index < -0.39 is 0 Å². The first-order valence-electron chi connectivity index (χ1n) is 9.59. The molecule has 2 aromatic rings. The Balaban J connectivity index is 1.75. The number of nitrogens with one attached hydrogen (secondary N) is 1. The van der Waals surface area contributed by atoms with Gasteiger partial charge >= 0.3 is 0 Å². The molecular formula is C23H28N2O3. The number of unbranched alkanes of at least 4 members (excludes halogenated alkanes) is 2. The molecule has 0 aliphatic heterocycles. The molecule has 0 bridgehead atoms. The predicted octanol–water partition coefficient (Wildman–Crippen LogP) is 4.51. The van der Waals surface area contributed by atoms with Crippen molar-refractivity contribution >= 4 is 12.1 Å². The van der Waals surface area contributed by atoms with E-state index in [9.17, 15) is 4.79 Å². The number of nitrogens with zero attached hydrogens (tertiary/aromatic N) is 1.